The summed E-state index contributed by atoms with van der Waals surface area (Å²) in [7, 11) is 0. The second kappa shape index (κ2) is 8.52. The fourth-order valence-corrected chi connectivity index (χ4v) is 5.86. The molecule has 0 spiro atoms. The van der Waals surface area contributed by atoms with E-state index >= 15 is 0 Å². The van der Waals surface area contributed by atoms with Crippen LogP contribution in [0.4, 0.5) is 8.78 Å². The molecule has 0 unspecified atom stereocenters. The lowest BCUT2D eigenvalue weighted by atomic mass is 9.81. The van der Waals surface area contributed by atoms with E-state index in [-0.39, 0.29) is 35.4 Å². The molecule has 0 N–H and O–H groups in total. The van der Waals surface area contributed by atoms with Crippen molar-refractivity contribution in [2.75, 3.05) is 19.6 Å². The highest BCUT2D eigenvalue weighted by Crippen LogP contribution is 2.42. The monoisotopic (exact) mass is 438 g/mol. The first kappa shape index (κ1) is 20.3. The molecule has 0 bridgehead atoms. The van der Waals surface area contributed by atoms with Crippen LogP contribution in [0, 0.1) is 17.6 Å². The topological polar surface area (TPSA) is 23.6 Å². The van der Waals surface area contributed by atoms with Crippen molar-refractivity contribution < 1.29 is 13.6 Å². The molecule has 0 saturated carbocycles. The molecule has 160 valence electrons. The van der Waals surface area contributed by atoms with Gasteiger partial charge >= 0.3 is 0 Å². The smallest absolute Gasteiger partial charge is 0.264 e. The van der Waals surface area contributed by atoms with E-state index in [0.717, 1.165) is 35.5 Å². The van der Waals surface area contributed by atoms with Crippen molar-refractivity contribution in [3.8, 4) is 0 Å². The van der Waals surface area contributed by atoms with Crippen LogP contribution in [-0.4, -0.2) is 41.4 Å². The molecule has 3 atom stereocenters. The van der Waals surface area contributed by atoms with E-state index in [1.54, 1.807) is 12.1 Å². The van der Waals surface area contributed by atoms with Gasteiger partial charge in [-0.15, -0.1) is 11.3 Å². The minimum Gasteiger partial charge on any atom is -0.334 e. The van der Waals surface area contributed by atoms with Crippen molar-refractivity contribution in [2.45, 2.75) is 24.9 Å². The van der Waals surface area contributed by atoms with Crippen molar-refractivity contribution in [2.24, 2.45) is 5.92 Å². The van der Waals surface area contributed by atoms with Gasteiger partial charge in [0, 0.05) is 44.1 Å². The second-order valence-electron chi connectivity index (χ2n) is 8.48. The predicted octanol–water partition coefficient (Wildman–Crippen LogP) is 5.16. The average molecular weight is 439 g/mol. The number of nitrogens with zero attached hydrogens (tertiary/aromatic N) is 2. The van der Waals surface area contributed by atoms with Crippen LogP contribution in [0.15, 0.2) is 66.0 Å². The molecular weight excluding hydrogens is 414 g/mol. The molecule has 3 aromatic rings. The summed E-state index contributed by atoms with van der Waals surface area (Å²) < 4.78 is 27.2. The maximum absolute atomic E-state index is 13.6. The molecule has 2 aliphatic rings. The highest BCUT2D eigenvalue weighted by Gasteiger charge is 2.47. The van der Waals surface area contributed by atoms with Gasteiger partial charge in [0.1, 0.15) is 11.6 Å². The molecule has 2 fully saturated rings. The third-order valence-corrected chi connectivity index (χ3v) is 7.46. The average Bonchev–Trinajstić information content (AvgIpc) is 3.42. The Balaban J connectivity index is 1.40. The molecule has 2 aromatic carbocycles. The van der Waals surface area contributed by atoms with E-state index in [4.69, 9.17) is 0 Å². The van der Waals surface area contributed by atoms with Gasteiger partial charge in [-0.25, -0.2) is 8.78 Å². The minimum atomic E-state index is -0.249. The summed E-state index contributed by atoms with van der Waals surface area (Å²) in [5, 5.41) is 1.93. The van der Waals surface area contributed by atoms with Crippen molar-refractivity contribution in [3.63, 3.8) is 0 Å². The first-order chi connectivity index (χ1) is 15.1. The van der Waals surface area contributed by atoms with Gasteiger partial charge in [0.25, 0.3) is 5.91 Å². The Kier molecular flexibility index (Phi) is 5.59. The van der Waals surface area contributed by atoms with E-state index in [1.807, 2.05) is 40.6 Å². The van der Waals surface area contributed by atoms with Gasteiger partial charge in [-0.05, 0) is 53.3 Å². The number of carbonyl (C=O) groups is 1. The van der Waals surface area contributed by atoms with E-state index in [1.165, 1.54) is 29.5 Å². The molecule has 31 heavy (non-hydrogen) atoms. The fourth-order valence-electron chi connectivity index (χ4n) is 5.18. The van der Waals surface area contributed by atoms with Crippen LogP contribution in [0.2, 0.25) is 0 Å². The van der Waals surface area contributed by atoms with Crippen molar-refractivity contribution in [1.29, 1.82) is 0 Å². The summed E-state index contributed by atoms with van der Waals surface area (Å²) in [6.45, 7) is 3.03. The van der Waals surface area contributed by atoms with Gasteiger partial charge in [0.15, 0.2) is 0 Å². The van der Waals surface area contributed by atoms with E-state index in [2.05, 4.69) is 4.90 Å². The van der Waals surface area contributed by atoms with E-state index < -0.39 is 0 Å². The largest absolute Gasteiger partial charge is 0.334 e. The lowest BCUT2D eigenvalue weighted by Gasteiger charge is -2.39. The van der Waals surface area contributed by atoms with Gasteiger partial charge < -0.3 is 4.90 Å². The quantitative estimate of drug-likeness (QED) is 0.562. The molecule has 0 radical (unpaired) electrons. The normalized spacial score (nSPS) is 23.7. The summed E-state index contributed by atoms with van der Waals surface area (Å²) in [5.41, 5.74) is 2.03. The Morgan fingerprint density at radius 1 is 1.00 bits per heavy atom. The number of carbonyl (C=O) groups excluding carboxylic acids is 1. The number of rotatable bonds is 4. The predicted molar refractivity (Wildman–Crippen MR) is 118 cm³/mol. The van der Waals surface area contributed by atoms with Gasteiger partial charge in [-0.3, -0.25) is 9.69 Å². The molecule has 0 aliphatic carbocycles. The highest BCUT2D eigenvalue weighted by atomic mass is 32.1. The van der Waals surface area contributed by atoms with Crippen LogP contribution in [0.1, 0.15) is 33.1 Å². The summed E-state index contributed by atoms with van der Waals surface area (Å²) in [5.74, 6) is 0.0426. The van der Waals surface area contributed by atoms with Gasteiger partial charge in [-0.1, -0.05) is 30.3 Å². The number of fused-ring (bicyclic) bond motifs is 1. The molecule has 1 aromatic heterocycles. The first-order valence-electron chi connectivity index (χ1n) is 10.7. The standard InChI is InChI=1S/C25H24F2N2OS/c26-19-8-6-18(7-9-19)21-16-29(25(30)24-5-2-12-31-24)23-10-11-28(15-22(21)23)14-17-3-1-4-20(27)13-17/h1-9,12-13,21-23H,10-11,14-16H2/t21-,22-,23-/m1/s1. The summed E-state index contributed by atoms with van der Waals surface area (Å²) in [4.78, 5) is 18.4. The van der Waals surface area contributed by atoms with Crippen molar-refractivity contribution >= 4 is 17.2 Å². The molecule has 2 aliphatic heterocycles. The molecule has 6 heteroatoms. The molecule has 3 nitrogen and oxygen atoms in total. The van der Waals surface area contributed by atoms with Crippen molar-refractivity contribution in [1.82, 2.24) is 9.80 Å². The number of hydrogen-bond donors (Lipinski definition) is 0. The lowest BCUT2D eigenvalue weighted by Crippen LogP contribution is -2.47. The van der Waals surface area contributed by atoms with Gasteiger partial charge in [-0.2, -0.15) is 0 Å². The van der Waals surface area contributed by atoms with E-state index in [9.17, 15) is 13.6 Å². The zero-order valence-electron chi connectivity index (χ0n) is 17.1. The Hall–Kier alpha value is -2.57. The molecular formula is C25H24F2N2OS. The second-order valence-corrected chi connectivity index (χ2v) is 9.43. The van der Waals surface area contributed by atoms with Crippen molar-refractivity contribution in [3.05, 3.63) is 93.7 Å². The van der Waals surface area contributed by atoms with Crippen LogP contribution in [-0.2, 0) is 6.54 Å². The maximum atomic E-state index is 13.6. The number of hydrogen-bond acceptors (Lipinski definition) is 3. The highest BCUT2D eigenvalue weighted by molar-refractivity contribution is 7.12. The van der Waals surface area contributed by atoms with Gasteiger partial charge in [0.05, 0.1) is 4.88 Å². The number of benzene rings is 2. The van der Waals surface area contributed by atoms with E-state index in [0.29, 0.717) is 13.1 Å². The Bertz CT molecular complexity index is 1050. The Labute approximate surface area is 184 Å². The Morgan fingerprint density at radius 3 is 2.58 bits per heavy atom. The Morgan fingerprint density at radius 2 is 1.84 bits per heavy atom. The first-order valence-corrected chi connectivity index (χ1v) is 11.5. The SMILES string of the molecule is O=C(c1cccs1)N1C[C@H](c2ccc(F)cc2)[C@H]2CN(Cc3cccc(F)c3)CC[C@H]21. The third kappa shape index (κ3) is 4.14. The maximum Gasteiger partial charge on any atom is 0.264 e. The number of halogens is 2. The lowest BCUT2D eigenvalue weighted by molar-refractivity contribution is 0.0618. The van der Waals surface area contributed by atoms with Crippen LogP contribution < -0.4 is 0 Å². The zero-order chi connectivity index (χ0) is 21.4. The van der Waals surface area contributed by atoms with Crippen LogP contribution in [0.5, 0.6) is 0 Å². The number of amides is 1. The third-order valence-electron chi connectivity index (χ3n) is 6.60. The molecule has 1 amide bonds. The minimum absolute atomic E-state index is 0.0909. The molecule has 2 saturated heterocycles. The summed E-state index contributed by atoms with van der Waals surface area (Å²) in [6, 6.07) is 17.4. The zero-order valence-corrected chi connectivity index (χ0v) is 17.9. The summed E-state index contributed by atoms with van der Waals surface area (Å²) >= 11 is 1.47. The van der Waals surface area contributed by atoms with Crippen LogP contribution >= 0.6 is 11.3 Å². The van der Waals surface area contributed by atoms with Crippen LogP contribution in [0.3, 0.4) is 0 Å². The number of piperidine rings is 1. The van der Waals surface area contributed by atoms with Crippen LogP contribution in [0.25, 0.3) is 0 Å². The molecule has 5 rings (SSSR count). The number of likely N-dealkylation sites (tertiary alicyclic amines) is 2. The molecule has 3 heterocycles. The fraction of sp³-hybridized carbons (Fsp3) is 0.320. The summed E-state index contributed by atoms with van der Waals surface area (Å²) in [6.07, 6.45) is 0.884. The van der Waals surface area contributed by atoms with Gasteiger partial charge in [0.2, 0.25) is 0 Å². The number of thiophene rings is 1.